The van der Waals surface area contributed by atoms with Crippen LogP contribution in [0.2, 0.25) is 0 Å². The maximum atomic E-state index is 11.2. The number of esters is 1. The minimum Gasteiger partial charge on any atom is -0.466 e. The van der Waals surface area contributed by atoms with Gasteiger partial charge in [-0.1, -0.05) is 6.42 Å². The summed E-state index contributed by atoms with van der Waals surface area (Å²) in [6, 6.07) is 0.715. The molecule has 110 valence electrons. The summed E-state index contributed by atoms with van der Waals surface area (Å²) in [4.78, 5) is 13.7. The Morgan fingerprint density at radius 3 is 2.68 bits per heavy atom. The van der Waals surface area contributed by atoms with Crippen LogP contribution in [-0.2, 0) is 9.53 Å². The van der Waals surface area contributed by atoms with Crippen molar-refractivity contribution in [2.24, 2.45) is 5.92 Å². The second kappa shape index (κ2) is 7.85. The molecular formula is C15H28N2O2. The smallest absolute Gasteiger partial charge is 0.305 e. The van der Waals surface area contributed by atoms with Crippen LogP contribution in [0.3, 0.4) is 0 Å². The number of piperidine rings is 3. The average Bonchev–Trinajstić information content (AvgIpc) is 2.44. The van der Waals surface area contributed by atoms with Crippen LogP contribution in [0.25, 0.3) is 0 Å². The first-order valence-corrected chi connectivity index (χ1v) is 7.91. The van der Waals surface area contributed by atoms with Crippen molar-refractivity contribution in [1.82, 2.24) is 10.2 Å². The number of nitrogens with zero attached hydrogens (tertiary/aromatic N) is 1. The highest BCUT2D eigenvalue weighted by Crippen LogP contribution is 2.27. The fraction of sp³-hybridized carbons (Fsp3) is 0.933. The lowest BCUT2D eigenvalue weighted by Gasteiger charge is -2.45. The number of fused-ring (bicyclic) bond motifs is 3. The Bertz CT molecular complexity index is 275. The Labute approximate surface area is 116 Å². The van der Waals surface area contributed by atoms with Gasteiger partial charge in [0, 0.05) is 19.0 Å². The van der Waals surface area contributed by atoms with Crippen LogP contribution in [0.1, 0.15) is 45.4 Å². The van der Waals surface area contributed by atoms with Crippen molar-refractivity contribution < 1.29 is 9.53 Å². The third-order valence-corrected chi connectivity index (χ3v) is 4.43. The van der Waals surface area contributed by atoms with Gasteiger partial charge in [-0.3, -0.25) is 4.79 Å². The summed E-state index contributed by atoms with van der Waals surface area (Å²) in [5.41, 5.74) is 0. The van der Waals surface area contributed by atoms with Gasteiger partial charge in [-0.05, 0) is 58.2 Å². The predicted molar refractivity (Wildman–Crippen MR) is 76.1 cm³/mol. The van der Waals surface area contributed by atoms with E-state index in [4.69, 9.17) is 4.74 Å². The van der Waals surface area contributed by atoms with Crippen LogP contribution >= 0.6 is 0 Å². The Morgan fingerprint density at radius 1 is 1.26 bits per heavy atom. The van der Waals surface area contributed by atoms with Crippen LogP contribution in [0.15, 0.2) is 0 Å². The molecule has 0 aromatic carbocycles. The molecule has 0 aromatic heterocycles. The fourth-order valence-corrected chi connectivity index (χ4v) is 3.29. The molecule has 0 saturated carbocycles. The first-order valence-electron chi connectivity index (χ1n) is 7.91. The maximum Gasteiger partial charge on any atom is 0.305 e. The van der Waals surface area contributed by atoms with Gasteiger partial charge in [-0.25, -0.2) is 0 Å². The number of carbonyl (C=O) groups is 1. The number of unbranched alkanes of at least 4 members (excludes halogenated alkanes) is 2. The largest absolute Gasteiger partial charge is 0.466 e. The number of hydrogen-bond donors (Lipinski definition) is 1. The van der Waals surface area contributed by atoms with Gasteiger partial charge in [-0.15, -0.1) is 0 Å². The summed E-state index contributed by atoms with van der Waals surface area (Å²) in [6.07, 6.45) is 6.57. The summed E-state index contributed by atoms with van der Waals surface area (Å²) in [5.74, 6) is 0.859. The Kier molecular flexibility index (Phi) is 6.11. The van der Waals surface area contributed by atoms with Crippen LogP contribution < -0.4 is 5.32 Å². The van der Waals surface area contributed by atoms with Gasteiger partial charge in [0.05, 0.1) is 6.61 Å². The Morgan fingerprint density at radius 2 is 2.05 bits per heavy atom. The summed E-state index contributed by atoms with van der Waals surface area (Å²) < 4.78 is 4.92. The van der Waals surface area contributed by atoms with Crippen molar-refractivity contribution in [1.29, 1.82) is 0 Å². The van der Waals surface area contributed by atoms with E-state index in [0.717, 1.165) is 25.3 Å². The van der Waals surface area contributed by atoms with Crippen LogP contribution in [-0.4, -0.2) is 49.7 Å². The highest BCUT2D eigenvalue weighted by molar-refractivity contribution is 5.69. The van der Waals surface area contributed by atoms with E-state index >= 15 is 0 Å². The Hall–Kier alpha value is -0.610. The van der Waals surface area contributed by atoms with E-state index in [-0.39, 0.29) is 5.97 Å². The van der Waals surface area contributed by atoms with E-state index in [0.29, 0.717) is 19.1 Å². The SMILES string of the molecule is CCOC(=O)CCCCCNC1CN2CCC1CC2. The van der Waals surface area contributed by atoms with E-state index in [2.05, 4.69) is 10.2 Å². The van der Waals surface area contributed by atoms with Crippen molar-refractivity contribution in [2.75, 3.05) is 32.8 Å². The molecule has 1 atom stereocenters. The highest BCUT2D eigenvalue weighted by Gasteiger charge is 2.33. The van der Waals surface area contributed by atoms with Crippen LogP contribution in [0.4, 0.5) is 0 Å². The molecule has 1 N–H and O–H groups in total. The third-order valence-electron chi connectivity index (χ3n) is 4.43. The highest BCUT2D eigenvalue weighted by atomic mass is 16.5. The molecule has 0 spiro atoms. The minimum absolute atomic E-state index is 0.0483. The zero-order valence-corrected chi connectivity index (χ0v) is 12.2. The zero-order valence-electron chi connectivity index (χ0n) is 12.2. The van der Waals surface area contributed by atoms with Crippen molar-refractivity contribution in [3.05, 3.63) is 0 Å². The monoisotopic (exact) mass is 268 g/mol. The first-order chi connectivity index (χ1) is 9.29. The summed E-state index contributed by atoms with van der Waals surface area (Å²) in [5, 5.41) is 3.71. The van der Waals surface area contributed by atoms with E-state index < -0.39 is 0 Å². The number of nitrogens with one attached hydrogen (secondary N) is 1. The molecule has 3 fully saturated rings. The second-order valence-corrected chi connectivity index (χ2v) is 5.81. The van der Waals surface area contributed by atoms with Gasteiger partial charge in [0.2, 0.25) is 0 Å². The molecular weight excluding hydrogens is 240 g/mol. The summed E-state index contributed by atoms with van der Waals surface area (Å²) >= 11 is 0. The van der Waals surface area contributed by atoms with Gasteiger partial charge in [0.1, 0.15) is 0 Å². The van der Waals surface area contributed by atoms with Crippen molar-refractivity contribution in [3.8, 4) is 0 Å². The molecule has 3 aliphatic rings. The number of rotatable bonds is 8. The molecule has 2 bridgehead atoms. The minimum atomic E-state index is -0.0483. The van der Waals surface area contributed by atoms with Crippen LogP contribution in [0.5, 0.6) is 0 Å². The summed E-state index contributed by atoms with van der Waals surface area (Å²) in [7, 11) is 0. The quantitative estimate of drug-likeness (QED) is 0.538. The van der Waals surface area contributed by atoms with Crippen molar-refractivity contribution in [2.45, 2.75) is 51.5 Å². The molecule has 3 heterocycles. The Balaban J connectivity index is 1.47. The average molecular weight is 268 g/mol. The predicted octanol–water partition coefficient (Wildman–Crippen LogP) is 1.79. The fourth-order valence-electron chi connectivity index (χ4n) is 3.29. The van der Waals surface area contributed by atoms with Gasteiger partial charge in [0.25, 0.3) is 0 Å². The zero-order chi connectivity index (χ0) is 13.5. The molecule has 3 rings (SSSR count). The van der Waals surface area contributed by atoms with Gasteiger partial charge in [-0.2, -0.15) is 0 Å². The number of ether oxygens (including phenoxy) is 1. The lowest BCUT2D eigenvalue weighted by Crippen LogP contribution is -2.56. The maximum absolute atomic E-state index is 11.2. The molecule has 4 heteroatoms. The number of carbonyl (C=O) groups excluding carboxylic acids is 1. The molecule has 3 aliphatic heterocycles. The van der Waals surface area contributed by atoms with Crippen LogP contribution in [0, 0.1) is 5.92 Å². The molecule has 0 aromatic rings. The lowest BCUT2D eigenvalue weighted by molar-refractivity contribution is -0.143. The lowest BCUT2D eigenvalue weighted by atomic mass is 9.84. The topological polar surface area (TPSA) is 41.6 Å². The third kappa shape index (κ3) is 4.77. The van der Waals surface area contributed by atoms with Gasteiger partial charge >= 0.3 is 5.97 Å². The van der Waals surface area contributed by atoms with E-state index in [9.17, 15) is 4.79 Å². The van der Waals surface area contributed by atoms with E-state index in [1.165, 1.54) is 38.9 Å². The molecule has 1 unspecified atom stereocenters. The molecule has 19 heavy (non-hydrogen) atoms. The molecule has 0 aliphatic carbocycles. The summed E-state index contributed by atoms with van der Waals surface area (Å²) in [6.45, 7) is 7.31. The standard InChI is InChI=1S/C15H28N2O2/c1-2-19-15(18)6-4-3-5-9-16-14-12-17-10-7-13(14)8-11-17/h13-14,16H,2-12H2,1H3. The van der Waals surface area contributed by atoms with Crippen molar-refractivity contribution >= 4 is 5.97 Å². The molecule has 4 nitrogen and oxygen atoms in total. The normalized spacial score (nSPS) is 29.4. The van der Waals surface area contributed by atoms with Gasteiger partial charge < -0.3 is 15.0 Å². The molecule has 0 amide bonds. The van der Waals surface area contributed by atoms with Crippen molar-refractivity contribution in [3.63, 3.8) is 0 Å². The molecule has 0 radical (unpaired) electrons. The number of hydrogen-bond acceptors (Lipinski definition) is 4. The van der Waals surface area contributed by atoms with E-state index in [1.54, 1.807) is 0 Å². The van der Waals surface area contributed by atoms with E-state index in [1.807, 2.05) is 6.92 Å². The first kappa shape index (κ1) is 14.8. The van der Waals surface area contributed by atoms with Gasteiger partial charge in [0.15, 0.2) is 0 Å². The molecule has 3 saturated heterocycles. The second-order valence-electron chi connectivity index (χ2n) is 5.81.